The van der Waals surface area contributed by atoms with Crippen molar-refractivity contribution in [2.75, 3.05) is 0 Å². The minimum absolute atomic E-state index is 0.0434. The lowest BCUT2D eigenvalue weighted by atomic mass is 10.2. The molecule has 0 aliphatic carbocycles. The lowest BCUT2D eigenvalue weighted by Crippen LogP contribution is -2.26. The topological polar surface area (TPSA) is 46.9 Å². The van der Waals surface area contributed by atoms with Crippen LogP contribution in [0.3, 0.4) is 0 Å². The third-order valence-electron chi connectivity index (χ3n) is 2.15. The molecule has 0 unspecified atom stereocenters. The van der Waals surface area contributed by atoms with E-state index in [-0.39, 0.29) is 12.5 Å². The Kier molecular flexibility index (Phi) is 3.33. The summed E-state index contributed by atoms with van der Waals surface area (Å²) >= 11 is 0. The number of imidazole rings is 1. The number of carbonyl (C=O) groups excluding carboxylic acids is 1. The quantitative estimate of drug-likeness (QED) is 0.825. The number of nitrogens with zero attached hydrogens (tertiary/aromatic N) is 2. The van der Waals surface area contributed by atoms with Gasteiger partial charge in [-0.1, -0.05) is 30.3 Å². The molecular formula is C12H12N3O. The Morgan fingerprint density at radius 3 is 2.88 bits per heavy atom. The molecule has 0 bridgehead atoms. The van der Waals surface area contributed by atoms with Gasteiger partial charge in [-0.2, -0.15) is 0 Å². The molecule has 1 aromatic carbocycles. The lowest BCUT2D eigenvalue weighted by molar-refractivity contribution is -0.121. The van der Waals surface area contributed by atoms with Gasteiger partial charge in [0.25, 0.3) is 0 Å². The molecule has 1 N–H and O–H groups in total. The van der Waals surface area contributed by atoms with Crippen molar-refractivity contribution in [1.29, 1.82) is 0 Å². The summed E-state index contributed by atoms with van der Waals surface area (Å²) in [6.45, 7) is 0.807. The zero-order valence-corrected chi connectivity index (χ0v) is 8.76. The first-order valence-electron chi connectivity index (χ1n) is 5.03. The number of amides is 1. The molecule has 16 heavy (non-hydrogen) atoms. The van der Waals surface area contributed by atoms with Crippen LogP contribution in [-0.2, 0) is 17.9 Å². The van der Waals surface area contributed by atoms with Gasteiger partial charge in [-0.05, 0) is 5.56 Å². The van der Waals surface area contributed by atoms with Crippen molar-refractivity contribution in [3.05, 3.63) is 54.6 Å². The van der Waals surface area contributed by atoms with Gasteiger partial charge in [-0.25, -0.2) is 4.98 Å². The zero-order chi connectivity index (χ0) is 11.2. The van der Waals surface area contributed by atoms with Crippen LogP contribution in [0, 0.1) is 6.20 Å². The summed E-state index contributed by atoms with van der Waals surface area (Å²) in [5.41, 5.74) is 1.09. The molecule has 4 nitrogen and oxygen atoms in total. The highest BCUT2D eigenvalue weighted by molar-refractivity contribution is 5.75. The molecule has 0 aliphatic heterocycles. The minimum Gasteiger partial charge on any atom is -0.350 e. The van der Waals surface area contributed by atoms with Gasteiger partial charge < -0.3 is 9.88 Å². The van der Waals surface area contributed by atoms with Gasteiger partial charge in [-0.15, -0.1) is 0 Å². The number of hydrogen-bond acceptors (Lipinski definition) is 2. The van der Waals surface area contributed by atoms with Crippen molar-refractivity contribution in [2.24, 2.45) is 0 Å². The maximum Gasteiger partial charge on any atom is 0.240 e. The fourth-order valence-corrected chi connectivity index (χ4v) is 1.35. The smallest absolute Gasteiger partial charge is 0.240 e. The van der Waals surface area contributed by atoms with Crippen molar-refractivity contribution in [3.8, 4) is 0 Å². The van der Waals surface area contributed by atoms with Crippen molar-refractivity contribution in [2.45, 2.75) is 13.1 Å². The van der Waals surface area contributed by atoms with E-state index in [1.54, 1.807) is 10.9 Å². The van der Waals surface area contributed by atoms with Crippen LogP contribution >= 0.6 is 0 Å². The molecule has 0 saturated heterocycles. The van der Waals surface area contributed by atoms with E-state index in [0.717, 1.165) is 5.56 Å². The molecule has 1 radical (unpaired) electrons. The van der Waals surface area contributed by atoms with Crippen LogP contribution in [-0.4, -0.2) is 15.5 Å². The molecule has 1 heterocycles. The van der Waals surface area contributed by atoms with Gasteiger partial charge >= 0.3 is 0 Å². The van der Waals surface area contributed by atoms with Crippen molar-refractivity contribution < 1.29 is 4.79 Å². The number of hydrogen-bond donors (Lipinski definition) is 1. The molecule has 0 atom stereocenters. The van der Waals surface area contributed by atoms with Gasteiger partial charge in [0.2, 0.25) is 5.91 Å². The minimum atomic E-state index is -0.0434. The maximum absolute atomic E-state index is 11.5. The Hall–Kier alpha value is -2.10. The Morgan fingerprint density at radius 2 is 2.19 bits per heavy atom. The second-order valence-electron chi connectivity index (χ2n) is 3.41. The highest BCUT2D eigenvalue weighted by Gasteiger charge is 2.01. The highest BCUT2D eigenvalue weighted by atomic mass is 16.1. The summed E-state index contributed by atoms with van der Waals surface area (Å²) in [5, 5.41) is 2.83. The average Bonchev–Trinajstić information content (AvgIpc) is 2.81. The van der Waals surface area contributed by atoms with Crippen LogP contribution in [0.15, 0.2) is 42.9 Å². The average molecular weight is 214 g/mol. The monoisotopic (exact) mass is 214 g/mol. The summed E-state index contributed by atoms with van der Waals surface area (Å²) in [5.74, 6) is -0.0434. The van der Waals surface area contributed by atoms with E-state index in [4.69, 9.17) is 0 Å². The Labute approximate surface area is 93.9 Å². The molecule has 2 aromatic rings. The zero-order valence-electron chi connectivity index (χ0n) is 8.76. The molecule has 1 amide bonds. The van der Waals surface area contributed by atoms with Gasteiger partial charge in [-0.3, -0.25) is 4.79 Å². The predicted octanol–water partition coefficient (Wildman–Crippen LogP) is 1.000. The van der Waals surface area contributed by atoms with Gasteiger partial charge in [0, 0.05) is 6.54 Å². The third-order valence-corrected chi connectivity index (χ3v) is 2.15. The molecule has 1 aromatic heterocycles. The van der Waals surface area contributed by atoms with E-state index in [9.17, 15) is 4.79 Å². The standard InChI is InChI=1S/C12H12N3O/c16-12(9-15-7-6-13-10-15)14-8-11-4-2-1-3-5-11/h1-6,10H,8-9H2,(H,14,16). The SMILES string of the molecule is O=C(Cn1[c]cnc1)NCc1ccccc1. The molecule has 0 saturated carbocycles. The molecule has 0 spiro atoms. The first-order chi connectivity index (χ1) is 7.84. The number of rotatable bonds is 4. The first-order valence-corrected chi connectivity index (χ1v) is 5.03. The van der Waals surface area contributed by atoms with E-state index in [0.29, 0.717) is 6.54 Å². The highest BCUT2D eigenvalue weighted by Crippen LogP contribution is 1.97. The fraction of sp³-hybridized carbons (Fsp3) is 0.167. The Bertz CT molecular complexity index is 437. The lowest BCUT2D eigenvalue weighted by Gasteiger charge is -2.05. The van der Waals surface area contributed by atoms with Crippen LogP contribution in [0.5, 0.6) is 0 Å². The van der Waals surface area contributed by atoms with E-state index >= 15 is 0 Å². The Balaban J connectivity index is 1.80. The largest absolute Gasteiger partial charge is 0.350 e. The second-order valence-corrected chi connectivity index (χ2v) is 3.41. The van der Waals surface area contributed by atoms with E-state index in [2.05, 4.69) is 16.5 Å². The van der Waals surface area contributed by atoms with Crippen molar-refractivity contribution >= 4 is 5.91 Å². The molecule has 0 aliphatic rings. The number of aromatic nitrogens is 2. The van der Waals surface area contributed by atoms with Gasteiger partial charge in [0.1, 0.15) is 6.54 Å². The van der Waals surface area contributed by atoms with E-state index in [1.165, 1.54) is 6.20 Å². The van der Waals surface area contributed by atoms with Crippen LogP contribution in [0.2, 0.25) is 0 Å². The normalized spacial score (nSPS) is 10.0. The number of carbonyl (C=O) groups is 1. The Morgan fingerprint density at radius 1 is 1.38 bits per heavy atom. The first kappa shape index (κ1) is 10.4. The van der Waals surface area contributed by atoms with Crippen LogP contribution < -0.4 is 5.32 Å². The number of nitrogens with one attached hydrogen (secondary N) is 1. The van der Waals surface area contributed by atoms with E-state index in [1.807, 2.05) is 30.3 Å². The number of benzene rings is 1. The summed E-state index contributed by atoms with van der Waals surface area (Å²) in [4.78, 5) is 15.3. The predicted molar refractivity (Wildman–Crippen MR) is 59.4 cm³/mol. The summed E-state index contributed by atoms with van der Waals surface area (Å²) in [6, 6.07) is 9.80. The molecule has 0 fully saturated rings. The summed E-state index contributed by atoms with van der Waals surface area (Å²) in [6.07, 6.45) is 5.91. The molecule has 81 valence electrons. The molecular weight excluding hydrogens is 202 g/mol. The third kappa shape index (κ3) is 2.95. The van der Waals surface area contributed by atoms with Crippen molar-refractivity contribution in [1.82, 2.24) is 14.9 Å². The van der Waals surface area contributed by atoms with Crippen LogP contribution in [0.1, 0.15) is 5.56 Å². The van der Waals surface area contributed by atoms with E-state index < -0.39 is 0 Å². The van der Waals surface area contributed by atoms with Crippen molar-refractivity contribution in [3.63, 3.8) is 0 Å². The van der Waals surface area contributed by atoms with Crippen LogP contribution in [0.25, 0.3) is 0 Å². The van der Waals surface area contributed by atoms with Crippen LogP contribution in [0.4, 0.5) is 0 Å². The molecule has 2 rings (SSSR count). The maximum atomic E-state index is 11.5. The fourth-order valence-electron chi connectivity index (χ4n) is 1.35. The van der Waals surface area contributed by atoms with Gasteiger partial charge in [0.05, 0.1) is 18.7 Å². The second kappa shape index (κ2) is 5.11. The molecule has 4 heteroatoms. The van der Waals surface area contributed by atoms with Gasteiger partial charge in [0.15, 0.2) is 0 Å². The summed E-state index contributed by atoms with van der Waals surface area (Å²) in [7, 11) is 0. The summed E-state index contributed by atoms with van der Waals surface area (Å²) < 4.78 is 1.61.